The van der Waals surface area contributed by atoms with Gasteiger partial charge in [-0.15, -0.1) is 0 Å². The van der Waals surface area contributed by atoms with Crippen LogP contribution in [-0.2, 0) is 27.4 Å². The fourth-order valence-corrected chi connectivity index (χ4v) is 6.81. The number of carbonyl (C=O) groups excluding carboxylic acids is 3. The van der Waals surface area contributed by atoms with Crippen LogP contribution in [0.25, 0.3) is 11.1 Å². The first-order chi connectivity index (χ1) is 21.0. The third-order valence-corrected chi connectivity index (χ3v) is 9.17. The van der Waals surface area contributed by atoms with Crippen LogP contribution >= 0.6 is 0 Å². The van der Waals surface area contributed by atoms with Crippen molar-refractivity contribution in [1.29, 1.82) is 0 Å². The van der Waals surface area contributed by atoms with Crippen molar-refractivity contribution in [3.63, 3.8) is 0 Å². The molecule has 0 spiro atoms. The van der Waals surface area contributed by atoms with Gasteiger partial charge in [-0.3, -0.25) is 29.6 Å². The van der Waals surface area contributed by atoms with E-state index in [1.165, 1.54) is 16.7 Å². The first kappa shape index (κ1) is 27.7. The lowest BCUT2D eigenvalue weighted by Gasteiger charge is -2.29. The second kappa shape index (κ2) is 11.9. The second-order valence-corrected chi connectivity index (χ2v) is 12.0. The normalized spacial score (nSPS) is 23.0. The Labute approximate surface area is 251 Å². The van der Waals surface area contributed by atoms with E-state index < -0.39 is 11.9 Å². The first-order valence-electron chi connectivity index (χ1n) is 15.3. The summed E-state index contributed by atoms with van der Waals surface area (Å²) >= 11 is 0. The number of rotatable bonds is 7. The number of nitrogens with one attached hydrogen (secondary N) is 1. The largest absolute Gasteiger partial charge is 0.489 e. The van der Waals surface area contributed by atoms with E-state index in [0.717, 1.165) is 69.1 Å². The molecule has 1 unspecified atom stereocenters. The molecule has 9 nitrogen and oxygen atoms in total. The molecule has 0 bridgehead atoms. The summed E-state index contributed by atoms with van der Waals surface area (Å²) in [6.45, 7) is 4.51. The number of hydrogen-bond acceptors (Lipinski definition) is 7. The molecule has 0 aliphatic carbocycles. The molecule has 3 fully saturated rings. The number of carbonyl (C=O) groups is 3. The van der Waals surface area contributed by atoms with Gasteiger partial charge < -0.3 is 14.4 Å². The Morgan fingerprint density at radius 3 is 2.58 bits per heavy atom. The summed E-state index contributed by atoms with van der Waals surface area (Å²) in [7, 11) is 0. The van der Waals surface area contributed by atoms with Crippen LogP contribution in [-0.4, -0.2) is 71.0 Å². The number of likely N-dealkylation sites (tertiary alicyclic amines) is 1. The smallest absolute Gasteiger partial charge is 0.255 e. The van der Waals surface area contributed by atoms with E-state index in [1.54, 1.807) is 11.0 Å². The maximum atomic E-state index is 13.0. The van der Waals surface area contributed by atoms with Crippen molar-refractivity contribution >= 4 is 17.7 Å². The maximum Gasteiger partial charge on any atom is 0.255 e. The van der Waals surface area contributed by atoms with Gasteiger partial charge in [0.25, 0.3) is 5.91 Å². The molecule has 7 rings (SSSR count). The van der Waals surface area contributed by atoms with E-state index in [2.05, 4.69) is 51.6 Å². The number of pyridine rings is 1. The van der Waals surface area contributed by atoms with Gasteiger partial charge in [0, 0.05) is 57.6 Å². The highest BCUT2D eigenvalue weighted by Gasteiger charge is 2.39. The van der Waals surface area contributed by atoms with Crippen LogP contribution in [0.15, 0.2) is 60.8 Å². The summed E-state index contributed by atoms with van der Waals surface area (Å²) in [5, 5.41) is 2.35. The maximum absolute atomic E-state index is 13.0. The van der Waals surface area contributed by atoms with Crippen molar-refractivity contribution in [3.8, 4) is 16.9 Å². The average molecular weight is 581 g/mol. The Morgan fingerprint density at radius 1 is 0.930 bits per heavy atom. The fourth-order valence-electron chi connectivity index (χ4n) is 6.81. The molecule has 4 aliphatic rings. The Bertz CT molecular complexity index is 1530. The SMILES string of the molecule is O=C1CCC(N2Cc3cc(O[C@H]4CCN(Cc5cc(-c6ccc(C7CCOCC7)cc6)ccn5)C4)ccc3C2=O)C(=O)N1. The molecular weight excluding hydrogens is 544 g/mol. The van der Waals surface area contributed by atoms with E-state index in [4.69, 9.17) is 9.47 Å². The Hall–Kier alpha value is -4.08. The van der Waals surface area contributed by atoms with Gasteiger partial charge in [-0.2, -0.15) is 0 Å². The van der Waals surface area contributed by atoms with Gasteiger partial charge in [-0.25, -0.2) is 0 Å². The van der Waals surface area contributed by atoms with Crippen LogP contribution in [0.2, 0.25) is 0 Å². The van der Waals surface area contributed by atoms with Crippen molar-refractivity contribution in [1.82, 2.24) is 20.1 Å². The summed E-state index contributed by atoms with van der Waals surface area (Å²) in [6, 6.07) is 18.1. The fraction of sp³-hybridized carbons (Fsp3) is 0.412. The number of piperidine rings is 1. The number of nitrogens with zero attached hydrogens (tertiary/aromatic N) is 3. The molecule has 5 heterocycles. The number of fused-ring (bicyclic) bond motifs is 1. The number of benzene rings is 2. The minimum absolute atomic E-state index is 0.0438. The summed E-state index contributed by atoms with van der Waals surface area (Å²) in [5.74, 6) is 0.461. The summed E-state index contributed by atoms with van der Waals surface area (Å²) < 4.78 is 11.9. The molecule has 3 saturated heterocycles. The highest BCUT2D eigenvalue weighted by Crippen LogP contribution is 2.32. The van der Waals surface area contributed by atoms with Crippen molar-refractivity contribution in [2.45, 2.75) is 63.3 Å². The molecule has 2 aromatic carbocycles. The Kier molecular flexibility index (Phi) is 7.67. The van der Waals surface area contributed by atoms with Gasteiger partial charge >= 0.3 is 0 Å². The predicted molar refractivity (Wildman–Crippen MR) is 159 cm³/mol. The topological polar surface area (TPSA) is 101 Å². The molecule has 0 radical (unpaired) electrons. The van der Waals surface area contributed by atoms with Crippen LogP contribution in [0.1, 0.15) is 65.2 Å². The number of hydrogen-bond donors (Lipinski definition) is 1. The first-order valence-corrected chi connectivity index (χ1v) is 15.3. The zero-order valence-corrected chi connectivity index (χ0v) is 24.2. The van der Waals surface area contributed by atoms with Crippen molar-refractivity contribution < 1.29 is 23.9 Å². The third kappa shape index (κ3) is 5.92. The zero-order valence-electron chi connectivity index (χ0n) is 24.2. The summed E-state index contributed by atoms with van der Waals surface area (Å²) in [4.78, 5) is 45.5. The van der Waals surface area contributed by atoms with Gasteiger partial charge in [0.2, 0.25) is 11.8 Å². The molecule has 9 heteroatoms. The van der Waals surface area contributed by atoms with Gasteiger partial charge in [0.15, 0.2) is 0 Å². The van der Waals surface area contributed by atoms with E-state index >= 15 is 0 Å². The summed E-state index contributed by atoms with van der Waals surface area (Å²) in [6.07, 6.45) is 5.63. The van der Waals surface area contributed by atoms with E-state index in [0.29, 0.717) is 24.4 Å². The van der Waals surface area contributed by atoms with Crippen molar-refractivity contribution in [2.24, 2.45) is 0 Å². The lowest BCUT2D eigenvalue weighted by Crippen LogP contribution is -2.52. The second-order valence-electron chi connectivity index (χ2n) is 12.0. The number of aromatic nitrogens is 1. The minimum atomic E-state index is -0.617. The standard InChI is InChI=1S/C34H36N4O5/c39-32-8-7-31(33(40)36-32)38-19-26-18-28(5-6-30(26)34(38)41)43-29-10-14-37(21-29)20-27-17-25(9-13-35-27)23-3-1-22(2-4-23)24-11-15-42-16-12-24/h1-6,9,13,17-18,24,29,31H,7-8,10-12,14-16,19-21H2,(H,36,39,40)/t29-,31?/m0/s1. The quantitative estimate of drug-likeness (QED) is 0.421. The highest BCUT2D eigenvalue weighted by molar-refractivity contribution is 6.05. The molecule has 3 aromatic rings. The van der Waals surface area contributed by atoms with E-state index in [1.807, 2.05) is 18.3 Å². The Balaban J connectivity index is 0.948. The number of ether oxygens (including phenoxy) is 2. The van der Waals surface area contributed by atoms with E-state index in [-0.39, 0.29) is 24.3 Å². The van der Waals surface area contributed by atoms with Gasteiger partial charge in [0.05, 0.1) is 5.69 Å². The lowest BCUT2D eigenvalue weighted by atomic mass is 9.90. The highest BCUT2D eigenvalue weighted by atomic mass is 16.5. The van der Waals surface area contributed by atoms with Gasteiger partial charge in [-0.1, -0.05) is 24.3 Å². The van der Waals surface area contributed by atoms with Gasteiger partial charge in [-0.05, 0) is 84.2 Å². The van der Waals surface area contributed by atoms with Crippen LogP contribution in [0.4, 0.5) is 0 Å². The molecule has 4 aliphatic heterocycles. The predicted octanol–water partition coefficient (Wildman–Crippen LogP) is 4.06. The minimum Gasteiger partial charge on any atom is -0.489 e. The molecule has 1 N–H and O–H groups in total. The molecular formula is C34H36N4O5. The van der Waals surface area contributed by atoms with E-state index in [9.17, 15) is 14.4 Å². The van der Waals surface area contributed by atoms with Gasteiger partial charge in [0.1, 0.15) is 17.9 Å². The molecule has 43 heavy (non-hydrogen) atoms. The molecule has 1 aromatic heterocycles. The van der Waals surface area contributed by atoms with Crippen LogP contribution < -0.4 is 10.1 Å². The lowest BCUT2D eigenvalue weighted by molar-refractivity contribution is -0.136. The number of imide groups is 1. The Morgan fingerprint density at radius 2 is 1.77 bits per heavy atom. The van der Waals surface area contributed by atoms with Crippen LogP contribution in [0.5, 0.6) is 5.75 Å². The van der Waals surface area contributed by atoms with Crippen molar-refractivity contribution in [3.05, 3.63) is 83.2 Å². The third-order valence-electron chi connectivity index (χ3n) is 9.17. The number of amides is 3. The van der Waals surface area contributed by atoms with Crippen molar-refractivity contribution in [2.75, 3.05) is 26.3 Å². The average Bonchev–Trinajstić information content (AvgIpc) is 3.60. The molecule has 0 saturated carbocycles. The van der Waals surface area contributed by atoms with Crippen LogP contribution in [0, 0.1) is 0 Å². The molecule has 222 valence electrons. The van der Waals surface area contributed by atoms with Crippen LogP contribution in [0.3, 0.4) is 0 Å². The monoisotopic (exact) mass is 580 g/mol. The molecule has 2 atom stereocenters. The molecule has 3 amide bonds. The zero-order chi connectivity index (χ0) is 29.3. The summed E-state index contributed by atoms with van der Waals surface area (Å²) in [5.41, 5.74) is 6.25.